The first kappa shape index (κ1) is 24.1. The van der Waals surface area contributed by atoms with E-state index < -0.39 is 15.9 Å². The van der Waals surface area contributed by atoms with Gasteiger partial charge in [0.15, 0.2) is 11.7 Å². The molecule has 0 saturated heterocycles. The number of benzene rings is 3. The second-order valence-corrected chi connectivity index (χ2v) is 10.4. The summed E-state index contributed by atoms with van der Waals surface area (Å²) in [7, 11) is -3.57. The van der Waals surface area contributed by atoms with Gasteiger partial charge in [-0.25, -0.2) is 13.1 Å². The van der Waals surface area contributed by atoms with Crippen molar-refractivity contribution in [1.82, 2.24) is 10.0 Å². The molecule has 1 aliphatic carbocycles. The summed E-state index contributed by atoms with van der Waals surface area (Å²) in [4.78, 5) is 12.4. The molecule has 1 fully saturated rings. The fraction of sp³-hybridized carbons (Fsp3) is 0.280. The van der Waals surface area contributed by atoms with Gasteiger partial charge in [0.2, 0.25) is 10.0 Å². The highest BCUT2D eigenvalue weighted by Crippen LogP contribution is 2.22. The van der Waals surface area contributed by atoms with Gasteiger partial charge in [-0.1, -0.05) is 49.6 Å². The molecule has 3 N–H and O–H groups in total. The molecule has 0 unspecified atom stereocenters. The minimum Gasteiger partial charge on any atom is -0.484 e. The highest BCUT2D eigenvalue weighted by Gasteiger charge is 2.21. The van der Waals surface area contributed by atoms with E-state index in [1.54, 1.807) is 12.1 Å². The molecule has 1 saturated carbocycles. The number of thiocarbonyl (C=S) groups is 1. The topological polar surface area (TPSA) is 96.5 Å². The maximum absolute atomic E-state index is 12.6. The smallest absolute Gasteiger partial charge is 0.264 e. The van der Waals surface area contributed by atoms with E-state index in [-0.39, 0.29) is 22.7 Å². The van der Waals surface area contributed by atoms with Gasteiger partial charge in [-0.15, -0.1) is 0 Å². The predicted molar refractivity (Wildman–Crippen MR) is 137 cm³/mol. The molecule has 0 radical (unpaired) electrons. The summed E-state index contributed by atoms with van der Waals surface area (Å²) >= 11 is 5.19. The largest absolute Gasteiger partial charge is 0.484 e. The van der Waals surface area contributed by atoms with Gasteiger partial charge in [0, 0.05) is 11.7 Å². The average Bonchev–Trinajstić information content (AvgIpc) is 2.83. The van der Waals surface area contributed by atoms with Gasteiger partial charge >= 0.3 is 0 Å². The van der Waals surface area contributed by atoms with Crippen molar-refractivity contribution in [1.29, 1.82) is 0 Å². The SMILES string of the molecule is O=C(COc1ccc2ccccc2c1)NC(=S)Nc1ccc(S(=O)(=O)NC2CCCCC2)cc1. The van der Waals surface area contributed by atoms with Gasteiger partial charge in [0.25, 0.3) is 5.91 Å². The molecule has 9 heteroatoms. The first-order valence-corrected chi connectivity index (χ1v) is 13.1. The van der Waals surface area contributed by atoms with Crippen LogP contribution in [0.5, 0.6) is 5.75 Å². The normalized spacial score (nSPS) is 14.5. The Bertz CT molecular complexity index is 1270. The van der Waals surface area contributed by atoms with Crippen LogP contribution in [0.1, 0.15) is 32.1 Å². The lowest BCUT2D eigenvalue weighted by Gasteiger charge is -2.22. The third-order valence-corrected chi connectivity index (χ3v) is 7.43. The van der Waals surface area contributed by atoms with E-state index in [0.717, 1.165) is 42.9 Å². The molecule has 178 valence electrons. The molecule has 0 atom stereocenters. The van der Waals surface area contributed by atoms with E-state index in [1.807, 2.05) is 42.5 Å². The maximum Gasteiger partial charge on any atom is 0.264 e. The molecule has 0 spiro atoms. The summed E-state index contributed by atoms with van der Waals surface area (Å²) < 4.78 is 33.6. The van der Waals surface area contributed by atoms with E-state index >= 15 is 0 Å². The Balaban J connectivity index is 1.26. The highest BCUT2D eigenvalue weighted by atomic mass is 32.2. The summed E-state index contributed by atoms with van der Waals surface area (Å²) in [5.74, 6) is 0.188. The average molecular weight is 498 g/mol. The van der Waals surface area contributed by atoms with Crippen LogP contribution in [0.25, 0.3) is 10.8 Å². The molecule has 3 aromatic carbocycles. The number of carbonyl (C=O) groups is 1. The zero-order valence-corrected chi connectivity index (χ0v) is 20.3. The number of anilines is 1. The zero-order chi connectivity index (χ0) is 24.0. The Labute approximate surface area is 204 Å². The van der Waals surface area contributed by atoms with E-state index in [0.29, 0.717) is 11.4 Å². The summed E-state index contributed by atoms with van der Waals surface area (Å²) in [5, 5.41) is 7.66. The van der Waals surface area contributed by atoms with Gasteiger partial charge in [0.1, 0.15) is 5.75 Å². The Morgan fingerprint density at radius 1 is 0.941 bits per heavy atom. The molecule has 7 nitrogen and oxygen atoms in total. The number of nitrogens with one attached hydrogen (secondary N) is 3. The quantitative estimate of drug-likeness (QED) is 0.420. The molecule has 3 aromatic rings. The molecule has 0 bridgehead atoms. The Hall–Kier alpha value is -3.01. The first-order chi connectivity index (χ1) is 16.4. The summed E-state index contributed by atoms with van der Waals surface area (Å²) in [6.45, 7) is -0.190. The first-order valence-electron chi connectivity index (χ1n) is 11.2. The molecule has 34 heavy (non-hydrogen) atoms. The summed E-state index contributed by atoms with van der Waals surface area (Å²) in [6.07, 6.45) is 5.00. The summed E-state index contributed by atoms with van der Waals surface area (Å²) in [6, 6.07) is 19.8. The van der Waals surface area contributed by atoms with Gasteiger partial charge < -0.3 is 10.1 Å². The number of ether oxygens (including phenoxy) is 1. The Kier molecular flexibility index (Phi) is 7.77. The van der Waals surface area contributed by atoms with Crippen molar-refractivity contribution in [3.05, 3.63) is 66.7 Å². The summed E-state index contributed by atoms with van der Waals surface area (Å²) in [5.41, 5.74) is 0.567. The second kappa shape index (κ2) is 10.9. The zero-order valence-electron chi connectivity index (χ0n) is 18.6. The van der Waals surface area contributed by atoms with Crippen LogP contribution < -0.4 is 20.1 Å². The van der Waals surface area contributed by atoms with Gasteiger partial charge in [0.05, 0.1) is 4.90 Å². The van der Waals surface area contributed by atoms with Crippen LogP contribution in [0.3, 0.4) is 0 Å². The third kappa shape index (κ3) is 6.53. The van der Waals surface area contributed by atoms with E-state index in [1.165, 1.54) is 12.1 Å². The van der Waals surface area contributed by atoms with Gasteiger partial charge in [-0.3, -0.25) is 10.1 Å². The molecular formula is C25H27N3O4S2. The highest BCUT2D eigenvalue weighted by molar-refractivity contribution is 7.89. The van der Waals surface area contributed by atoms with Crippen LogP contribution in [0, 0.1) is 0 Å². The number of rotatable bonds is 7. The van der Waals surface area contributed by atoms with Crippen molar-refractivity contribution in [2.75, 3.05) is 11.9 Å². The van der Waals surface area contributed by atoms with Crippen LogP contribution in [0.2, 0.25) is 0 Å². The maximum atomic E-state index is 12.6. The number of fused-ring (bicyclic) bond motifs is 1. The molecule has 0 heterocycles. The number of hydrogen-bond acceptors (Lipinski definition) is 5. The van der Waals surface area contributed by atoms with Crippen molar-refractivity contribution in [2.45, 2.75) is 43.0 Å². The van der Waals surface area contributed by atoms with E-state index in [2.05, 4.69) is 15.4 Å². The minimum atomic E-state index is -3.57. The number of hydrogen-bond donors (Lipinski definition) is 3. The van der Waals surface area contributed by atoms with Crippen molar-refractivity contribution in [2.24, 2.45) is 0 Å². The van der Waals surface area contributed by atoms with Crippen LogP contribution in [0.4, 0.5) is 5.69 Å². The monoisotopic (exact) mass is 497 g/mol. The molecule has 0 aromatic heterocycles. The number of carbonyl (C=O) groups excluding carboxylic acids is 1. The van der Waals surface area contributed by atoms with Gasteiger partial charge in [-0.2, -0.15) is 0 Å². The van der Waals surface area contributed by atoms with Crippen molar-refractivity contribution in [3.63, 3.8) is 0 Å². The second-order valence-electron chi connectivity index (χ2n) is 8.28. The van der Waals surface area contributed by atoms with Crippen LogP contribution in [-0.2, 0) is 14.8 Å². The third-order valence-electron chi connectivity index (χ3n) is 5.69. The van der Waals surface area contributed by atoms with Crippen LogP contribution in [0.15, 0.2) is 71.6 Å². The lowest BCUT2D eigenvalue weighted by molar-refractivity contribution is -0.121. The molecule has 1 amide bonds. The fourth-order valence-electron chi connectivity index (χ4n) is 3.96. The fourth-order valence-corrected chi connectivity index (χ4v) is 5.49. The van der Waals surface area contributed by atoms with Crippen molar-refractivity contribution < 1.29 is 17.9 Å². The van der Waals surface area contributed by atoms with Crippen molar-refractivity contribution in [3.8, 4) is 5.75 Å². The van der Waals surface area contributed by atoms with Crippen LogP contribution >= 0.6 is 12.2 Å². The van der Waals surface area contributed by atoms with Crippen molar-refractivity contribution >= 4 is 49.7 Å². The Morgan fingerprint density at radius 2 is 1.65 bits per heavy atom. The number of amides is 1. The Morgan fingerprint density at radius 3 is 2.38 bits per heavy atom. The van der Waals surface area contributed by atoms with E-state index in [4.69, 9.17) is 17.0 Å². The van der Waals surface area contributed by atoms with Crippen LogP contribution in [-0.4, -0.2) is 32.1 Å². The molecular weight excluding hydrogens is 470 g/mol. The lowest BCUT2D eigenvalue weighted by atomic mass is 9.96. The van der Waals surface area contributed by atoms with E-state index in [9.17, 15) is 13.2 Å². The predicted octanol–water partition coefficient (Wildman–Crippen LogP) is 4.34. The van der Waals surface area contributed by atoms with Gasteiger partial charge in [-0.05, 0) is 72.2 Å². The molecule has 0 aliphatic heterocycles. The lowest BCUT2D eigenvalue weighted by Crippen LogP contribution is -2.37. The minimum absolute atomic E-state index is 0.00355. The standard InChI is InChI=1S/C25H27N3O4S2/c29-24(17-32-22-13-10-18-6-4-5-7-19(18)16-22)27-25(33)26-20-11-14-23(15-12-20)34(30,31)28-21-8-2-1-3-9-21/h4-7,10-16,21,28H,1-3,8-9,17H2,(H2,26,27,29,33). The molecule has 1 aliphatic rings. The molecule has 4 rings (SSSR count). The number of sulfonamides is 1.